The highest BCUT2D eigenvalue weighted by Gasteiger charge is 2.31. The Morgan fingerprint density at radius 2 is 1.86 bits per heavy atom. The Morgan fingerprint density at radius 3 is 2.45 bits per heavy atom. The zero-order chi connectivity index (χ0) is 21.0. The van der Waals surface area contributed by atoms with Gasteiger partial charge in [0.1, 0.15) is 6.33 Å². The van der Waals surface area contributed by atoms with E-state index in [0.29, 0.717) is 5.56 Å². The van der Waals surface area contributed by atoms with Gasteiger partial charge >= 0.3 is 6.18 Å². The molecule has 2 aromatic carbocycles. The van der Waals surface area contributed by atoms with Crippen LogP contribution in [0, 0.1) is 5.92 Å². The summed E-state index contributed by atoms with van der Waals surface area (Å²) in [7, 11) is 0. The van der Waals surface area contributed by atoms with Crippen LogP contribution in [0.4, 0.5) is 13.2 Å². The van der Waals surface area contributed by atoms with E-state index in [1.54, 1.807) is 30.3 Å². The summed E-state index contributed by atoms with van der Waals surface area (Å²) < 4.78 is 40.5. The molecule has 0 saturated heterocycles. The third-order valence-electron chi connectivity index (χ3n) is 4.47. The van der Waals surface area contributed by atoms with Crippen LogP contribution in [-0.2, 0) is 17.4 Å². The molecule has 3 rings (SSSR count). The van der Waals surface area contributed by atoms with E-state index in [9.17, 15) is 18.0 Å². The minimum Gasteiger partial charge on any atom is -0.349 e. The van der Waals surface area contributed by atoms with Gasteiger partial charge in [0, 0.05) is 0 Å². The average molecular weight is 403 g/mol. The number of nitrogens with one attached hydrogen (secondary N) is 1. The lowest BCUT2D eigenvalue weighted by atomic mass is 9.94. The monoisotopic (exact) mass is 403 g/mol. The molecule has 0 fully saturated rings. The quantitative estimate of drug-likeness (QED) is 0.681. The molecular formula is C20H20F3N5O. The fraction of sp³-hybridized carbons (Fsp3) is 0.300. The van der Waals surface area contributed by atoms with E-state index in [4.69, 9.17) is 0 Å². The van der Waals surface area contributed by atoms with Crippen molar-refractivity contribution < 1.29 is 18.0 Å². The lowest BCUT2D eigenvalue weighted by Crippen LogP contribution is -2.33. The lowest BCUT2D eigenvalue weighted by Gasteiger charge is -2.24. The summed E-state index contributed by atoms with van der Waals surface area (Å²) in [5.41, 5.74) is 1.22. The van der Waals surface area contributed by atoms with Crippen molar-refractivity contribution in [2.75, 3.05) is 0 Å². The Labute approximate surface area is 165 Å². The molecule has 0 spiro atoms. The number of carbonyl (C=O) groups excluding carboxylic acids is 1. The molecule has 29 heavy (non-hydrogen) atoms. The van der Waals surface area contributed by atoms with E-state index >= 15 is 0 Å². The smallest absolute Gasteiger partial charge is 0.349 e. The largest absolute Gasteiger partial charge is 0.416 e. The summed E-state index contributed by atoms with van der Waals surface area (Å²) in [6.45, 7) is 3.71. The first-order valence-corrected chi connectivity index (χ1v) is 9.03. The number of halogens is 3. The van der Waals surface area contributed by atoms with Crippen molar-refractivity contribution in [2.45, 2.75) is 32.5 Å². The highest BCUT2D eigenvalue weighted by molar-refractivity contribution is 5.79. The molecule has 0 radical (unpaired) electrons. The number of nitrogens with zero attached hydrogens (tertiary/aromatic N) is 4. The summed E-state index contributed by atoms with van der Waals surface area (Å²) in [6.07, 6.45) is -2.86. The van der Waals surface area contributed by atoms with E-state index in [1.165, 1.54) is 17.1 Å². The van der Waals surface area contributed by atoms with Gasteiger partial charge in [-0.15, -0.1) is 5.10 Å². The second-order valence-electron chi connectivity index (χ2n) is 7.01. The molecule has 1 heterocycles. The number of benzene rings is 2. The molecule has 0 aliphatic rings. The second-order valence-corrected chi connectivity index (χ2v) is 7.01. The van der Waals surface area contributed by atoms with Crippen molar-refractivity contribution in [1.29, 1.82) is 0 Å². The molecule has 0 bridgehead atoms. The van der Waals surface area contributed by atoms with Crippen LogP contribution in [-0.4, -0.2) is 26.1 Å². The fourth-order valence-electron chi connectivity index (χ4n) is 3.00. The van der Waals surface area contributed by atoms with Crippen LogP contribution in [0.5, 0.6) is 0 Å². The minimum absolute atomic E-state index is 0.0791. The standard InChI is InChI=1S/C20H20F3N5O/c1-13(2)19(15-4-3-5-16(11-15)20(21,22)23)25-18(29)10-14-6-8-17(9-7-14)28-12-24-26-27-28/h3-9,11-13,19H,10H2,1-2H3,(H,25,29). The van der Waals surface area contributed by atoms with Gasteiger partial charge < -0.3 is 5.32 Å². The molecule has 1 atom stereocenters. The van der Waals surface area contributed by atoms with E-state index in [-0.39, 0.29) is 18.2 Å². The molecular weight excluding hydrogens is 383 g/mol. The summed E-state index contributed by atoms with van der Waals surface area (Å²) >= 11 is 0. The van der Waals surface area contributed by atoms with Gasteiger partial charge in [-0.25, -0.2) is 4.68 Å². The predicted octanol–water partition coefficient (Wildman–Crippen LogP) is 3.74. The number of hydrogen-bond acceptors (Lipinski definition) is 4. The van der Waals surface area contributed by atoms with Crippen LogP contribution in [0.3, 0.4) is 0 Å². The molecule has 1 aromatic heterocycles. The van der Waals surface area contributed by atoms with Gasteiger partial charge in [-0.1, -0.05) is 38.1 Å². The number of aromatic nitrogens is 4. The number of hydrogen-bond donors (Lipinski definition) is 1. The van der Waals surface area contributed by atoms with E-state index in [0.717, 1.165) is 23.4 Å². The van der Waals surface area contributed by atoms with Gasteiger partial charge in [0.15, 0.2) is 0 Å². The van der Waals surface area contributed by atoms with Crippen LogP contribution >= 0.6 is 0 Å². The van der Waals surface area contributed by atoms with Crippen molar-refractivity contribution in [3.8, 4) is 5.69 Å². The minimum atomic E-state index is -4.43. The number of tetrazole rings is 1. The molecule has 152 valence electrons. The normalized spacial score (nSPS) is 12.8. The Morgan fingerprint density at radius 1 is 1.14 bits per heavy atom. The van der Waals surface area contributed by atoms with Gasteiger partial charge in [-0.05, 0) is 51.7 Å². The van der Waals surface area contributed by atoms with Crippen molar-refractivity contribution in [1.82, 2.24) is 25.5 Å². The maximum absolute atomic E-state index is 13.0. The molecule has 0 aliphatic carbocycles. The van der Waals surface area contributed by atoms with Crippen molar-refractivity contribution >= 4 is 5.91 Å². The predicted molar refractivity (Wildman–Crippen MR) is 100 cm³/mol. The third-order valence-corrected chi connectivity index (χ3v) is 4.47. The van der Waals surface area contributed by atoms with Crippen molar-refractivity contribution in [3.05, 3.63) is 71.5 Å². The topological polar surface area (TPSA) is 72.7 Å². The first-order valence-electron chi connectivity index (χ1n) is 9.03. The van der Waals surface area contributed by atoms with Crippen LogP contribution < -0.4 is 5.32 Å². The molecule has 0 aliphatic heterocycles. The van der Waals surface area contributed by atoms with Crippen LogP contribution in [0.15, 0.2) is 54.9 Å². The summed E-state index contributed by atoms with van der Waals surface area (Å²) in [5.74, 6) is -0.346. The van der Waals surface area contributed by atoms with Crippen LogP contribution in [0.25, 0.3) is 5.69 Å². The molecule has 3 aromatic rings. The van der Waals surface area contributed by atoms with Gasteiger partial charge in [0.25, 0.3) is 0 Å². The summed E-state index contributed by atoms with van der Waals surface area (Å²) in [4.78, 5) is 12.5. The van der Waals surface area contributed by atoms with E-state index < -0.39 is 17.8 Å². The number of carbonyl (C=O) groups is 1. The molecule has 1 N–H and O–H groups in total. The van der Waals surface area contributed by atoms with Crippen molar-refractivity contribution in [2.24, 2.45) is 5.92 Å². The lowest BCUT2D eigenvalue weighted by molar-refractivity contribution is -0.137. The summed E-state index contributed by atoms with van der Waals surface area (Å²) in [5, 5.41) is 13.8. The van der Waals surface area contributed by atoms with E-state index in [1.807, 2.05) is 13.8 Å². The van der Waals surface area contributed by atoms with E-state index in [2.05, 4.69) is 20.8 Å². The zero-order valence-electron chi connectivity index (χ0n) is 15.9. The Bertz CT molecular complexity index is 953. The number of amides is 1. The van der Waals surface area contributed by atoms with Gasteiger partial charge in [-0.2, -0.15) is 13.2 Å². The first-order chi connectivity index (χ1) is 13.7. The molecule has 1 amide bonds. The summed E-state index contributed by atoms with van der Waals surface area (Å²) in [6, 6.07) is 11.7. The Hall–Kier alpha value is -3.23. The third kappa shape index (κ3) is 5.18. The van der Waals surface area contributed by atoms with Gasteiger partial charge in [0.2, 0.25) is 5.91 Å². The maximum atomic E-state index is 13.0. The molecule has 1 unspecified atom stereocenters. The van der Waals surface area contributed by atoms with Gasteiger partial charge in [0.05, 0.1) is 23.7 Å². The average Bonchev–Trinajstić information content (AvgIpc) is 3.21. The Balaban J connectivity index is 1.70. The maximum Gasteiger partial charge on any atom is 0.416 e. The van der Waals surface area contributed by atoms with Crippen molar-refractivity contribution in [3.63, 3.8) is 0 Å². The molecule has 0 saturated carbocycles. The highest BCUT2D eigenvalue weighted by atomic mass is 19.4. The Kier molecular flexibility index (Phi) is 5.95. The molecule has 6 nitrogen and oxygen atoms in total. The number of rotatable bonds is 6. The highest BCUT2D eigenvalue weighted by Crippen LogP contribution is 2.32. The second kappa shape index (κ2) is 8.42. The zero-order valence-corrected chi connectivity index (χ0v) is 15.9. The fourth-order valence-corrected chi connectivity index (χ4v) is 3.00. The van der Waals surface area contributed by atoms with Gasteiger partial charge in [-0.3, -0.25) is 4.79 Å². The first kappa shape index (κ1) is 20.5. The molecule has 9 heteroatoms. The number of alkyl halides is 3. The van der Waals surface area contributed by atoms with Crippen LogP contribution in [0.2, 0.25) is 0 Å². The van der Waals surface area contributed by atoms with Crippen LogP contribution in [0.1, 0.15) is 36.6 Å². The SMILES string of the molecule is CC(C)C(NC(=O)Cc1ccc(-n2cnnn2)cc1)c1cccc(C(F)(F)F)c1.